The van der Waals surface area contributed by atoms with Crippen molar-refractivity contribution >= 4 is 17.0 Å². The summed E-state index contributed by atoms with van der Waals surface area (Å²) < 4.78 is 17.1. The molecule has 0 atom stereocenters. The Morgan fingerprint density at radius 2 is 2.21 bits per heavy atom. The van der Waals surface area contributed by atoms with Crippen LogP contribution in [-0.2, 0) is 20.0 Å². The van der Waals surface area contributed by atoms with E-state index in [0.717, 1.165) is 12.2 Å². The molecule has 3 aromatic rings. The van der Waals surface area contributed by atoms with Gasteiger partial charge in [0.25, 0.3) is 0 Å². The molecule has 5 nitrogen and oxygen atoms in total. The van der Waals surface area contributed by atoms with Gasteiger partial charge in [0.2, 0.25) is 5.95 Å². The molecule has 0 amide bonds. The van der Waals surface area contributed by atoms with E-state index in [0.29, 0.717) is 23.5 Å². The van der Waals surface area contributed by atoms with E-state index in [1.54, 1.807) is 12.3 Å². The molecule has 6 heteroatoms. The first-order valence-electron chi connectivity index (χ1n) is 6.02. The molecule has 1 aromatic carbocycles. The first-order valence-corrected chi connectivity index (χ1v) is 6.02. The summed E-state index contributed by atoms with van der Waals surface area (Å²) in [7, 11) is 1.94. The second kappa shape index (κ2) is 4.38. The number of hydrogen-bond donors (Lipinski definition) is 1. The van der Waals surface area contributed by atoms with Crippen LogP contribution in [0.2, 0.25) is 0 Å². The van der Waals surface area contributed by atoms with Crippen LogP contribution in [0.25, 0.3) is 11.0 Å². The van der Waals surface area contributed by atoms with Gasteiger partial charge in [0.05, 0.1) is 11.0 Å². The predicted octanol–water partition coefficient (Wildman–Crippen LogP) is 1.73. The highest BCUT2D eigenvalue weighted by Gasteiger charge is 2.10. The maximum atomic E-state index is 13.3. The maximum Gasteiger partial charge on any atom is 0.201 e. The van der Waals surface area contributed by atoms with Crippen molar-refractivity contribution in [1.29, 1.82) is 0 Å². The highest BCUT2D eigenvalue weighted by atomic mass is 19.1. The van der Waals surface area contributed by atoms with Gasteiger partial charge >= 0.3 is 0 Å². The summed E-state index contributed by atoms with van der Waals surface area (Å²) in [6.45, 7) is 0.622. The second-order valence-electron chi connectivity index (χ2n) is 4.46. The summed E-state index contributed by atoms with van der Waals surface area (Å²) in [5.41, 5.74) is 7.30. The molecule has 0 saturated carbocycles. The number of halogens is 1. The van der Waals surface area contributed by atoms with Crippen LogP contribution in [0.15, 0.2) is 30.6 Å². The number of nitrogens with two attached hydrogens (primary N) is 1. The van der Waals surface area contributed by atoms with Crippen molar-refractivity contribution in [3.05, 3.63) is 42.2 Å². The summed E-state index contributed by atoms with van der Waals surface area (Å²) in [6.07, 6.45) is 4.37. The van der Waals surface area contributed by atoms with Gasteiger partial charge in [0.15, 0.2) is 0 Å². The first kappa shape index (κ1) is 11.7. The largest absolute Gasteiger partial charge is 0.369 e. The lowest BCUT2D eigenvalue weighted by atomic mass is 10.3. The average molecular weight is 259 g/mol. The Balaban J connectivity index is 1.94. The molecular formula is C13H14FN5. The van der Waals surface area contributed by atoms with Crippen molar-refractivity contribution in [3.63, 3.8) is 0 Å². The van der Waals surface area contributed by atoms with Gasteiger partial charge in [-0.25, -0.2) is 14.4 Å². The molecule has 0 fully saturated rings. The van der Waals surface area contributed by atoms with Crippen molar-refractivity contribution in [3.8, 4) is 0 Å². The molecule has 2 heterocycles. The van der Waals surface area contributed by atoms with E-state index in [4.69, 9.17) is 5.73 Å². The second-order valence-corrected chi connectivity index (χ2v) is 4.46. The van der Waals surface area contributed by atoms with Gasteiger partial charge in [-0.2, -0.15) is 0 Å². The quantitative estimate of drug-likeness (QED) is 0.779. The molecular weight excluding hydrogens is 245 g/mol. The van der Waals surface area contributed by atoms with Crippen LogP contribution in [0, 0.1) is 5.82 Å². The van der Waals surface area contributed by atoms with Crippen molar-refractivity contribution < 1.29 is 4.39 Å². The van der Waals surface area contributed by atoms with E-state index < -0.39 is 0 Å². The Labute approximate surface area is 109 Å². The Kier molecular flexibility index (Phi) is 2.70. The summed E-state index contributed by atoms with van der Waals surface area (Å²) in [5.74, 6) is 1.07. The molecule has 0 aliphatic carbocycles. The highest BCUT2D eigenvalue weighted by molar-refractivity contribution is 5.78. The first-order chi connectivity index (χ1) is 9.15. The minimum atomic E-state index is -0.286. The minimum Gasteiger partial charge on any atom is -0.369 e. The molecule has 19 heavy (non-hydrogen) atoms. The molecule has 0 aliphatic rings. The van der Waals surface area contributed by atoms with Crippen LogP contribution < -0.4 is 5.73 Å². The number of nitrogen functional groups attached to an aromatic ring is 1. The van der Waals surface area contributed by atoms with Crippen molar-refractivity contribution in [1.82, 2.24) is 19.1 Å². The third kappa shape index (κ3) is 2.05. The summed E-state index contributed by atoms with van der Waals surface area (Å²) in [4.78, 5) is 8.48. The fourth-order valence-electron chi connectivity index (χ4n) is 2.20. The van der Waals surface area contributed by atoms with Gasteiger partial charge in [-0.1, -0.05) is 0 Å². The third-order valence-corrected chi connectivity index (χ3v) is 3.22. The summed E-state index contributed by atoms with van der Waals surface area (Å²) in [5, 5.41) is 0. The van der Waals surface area contributed by atoms with Crippen LogP contribution >= 0.6 is 0 Å². The zero-order valence-corrected chi connectivity index (χ0v) is 10.5. The normalized spacial score (nSPS) is 11.3. The van der Waals surface area contributed by atoms with Crippen LogP contribution in [0.4, 0.5) is 10.3 Å². The maximum absolute atomic E-state index is 13.3. The Hall–Kier alpha value is -2.37. The van der Waals surface area contributed by atoms with Crippen molar-refractivity contribution in [2.75, 3.05) is 5.73 Å². The molecule has 98 valence electrons. The van der Waals surface area contributed by atoms with E-state index >= 15 is 0 Å². The number of anilines is 1. The van der Waals surface area contributed by atoms with Crippen molar-refractivity contribution in [2.24, 2.45) is 7.05 Å². The Bertz CT molecular complexity index is 728. The number of hydrogen-bond acceptors (Lipinski definition) is 3. The number of imidazole rings is 2. The third-order valence-electron chi connectivity index (χ3n) is 3.22. The van der Waals surface area contributed by atoms with Gasteiger partial charge < -0.3 is 14.9 Å². The predicted molar refractivity (Wildman–Crippen MR) is 71.0 cm³/mol. The van der Waals surface area contributed by atoms with Crippen LogP contribution in [-0.4, -0.2) is 19.1 Å². The zero-order chi connectivity index (χ0) is 13.4. The number of benzene rings is 1. The standard InChI is InChI=1S/C13H14FN5/c1-18-7-5-16-12(18)4-6-19-11-8-9(14)2-3-10(11)17-13(19)15/h2-3,5,7-8H,4,6H2,1H3,(H2,15,17). The molecule has 0 spiro atoms. The monoisotopic (exact) mass is 259 g/mol. The molecule has 0 bridgehead atoms. The molecule has 3 rings (SSSR count). The molecule has 0 unspecified atom stereocenters. The topological polar surface area (TPSA) is 61.7 Å². The zero-order valence-electron chi connectivity index (χ0n) is 10.5. The number of aromatic nitrogens is 4. The summed E-state index contributed by atoms with van der Waals surface area (Å²) in [6, 6.07) is 4.48. The van der Waals surface area contributed by atoms with E-state index in [9.17, 15) is 4.39 Å². The number of fused-ring (bicyclic) bond motifs is 1. The SMILES string of the molecule is Cn1ccnc1CCn1c(N)nc2ccc(F)cc21. The Morgan fingerprint density at radius 3 is 2.95 bits per heavy atom. The average Bonchev–Trinajstić information content (AvgIpc) is 2.90. The van der Waals surface area contributed by atoms with E-state index in [-0.39, 0.29) is 5.82 Å². The fourth-order valence-corrected chi connectivity index (χ4v) is 2.20. The van der Waals surface area contributed by atoms with Crippen LogP contribution in [0.5, 0.6) is 0 Å². The molecule has 2 N–H and O–H groups in total. The van der Waals surface area contributed by atoms with Gasteiger partial charge in [-0.3, -0.25) is 0 Å². The van der Waals surface area contributed by atoms with Crippen molar-refractivity contribution in [2.45, 2.75) is 13.0 Å². The lowest BCUT2D eigenvalue weighted by Gasteiger charge is -2.06. The van der Waals surface area contributed by atoms with E-state index in [2.05, 4.69) is 9.97 Å². The van der Waals surface area contributed by atoms with Crippen LogP contribution in [0.1, 0.15) is 5.82 Å². The smallest absolute Gasteiger partial charge is 0.201 e. The summed E-state index contributed by atoms with van der Waals surface area (Å²) >= 11 is 0. The van der Waals surface area contributed by atoms with Gasteiger partial charge in [0, 0.05) is 32.4 Å². The fraction of sp³-hybridized carbons (Fsp3) is 0.231. The van der Waals surface area contributed by atoms with E-state index in [1.807, 2.05) is 22.4 Å². The van der Waals surface area contributed by atoms with E-state index in [1.165, 1.54) is 12.1 Å². The minimum absolute atomic E-state index is 0.286. The molecule has 2 aromatic heterocycles. The number of rotatable bonds is 3. The number of aryl methyl sites for hydroxylation is 3. The number of nitrogens with zero attached hydrogens (tertiary/aromatic N) is 4. The van der Waals surface area contributed by atoms with Crippen LogP contribution in [0.3, 0.4) is 0 Å². The highest BCUT2D eigenvalue weighted by Crippen LogP contribution is 2.19. The molecule has 0 aliphatic heterocycles. The molecule has 0 saturated heterocycles. The lowest BCUT2D eigenvalue weighted by molar-refractivity contribution is 0.626. The molecule has 0 radical (unpaired) electrons. The lowest BCUT2D eigenvalue weighted by Crippen LogP contribution is -2.08. The van der Waals surface area contributed by atoms with Gasteiger partial charge in [0.1, 0.15) is 11.6 Å². The Morgan fingerprint density at radius 1 is 1.37 bits per heavy atom. The van der Waals surface area contributed by atoms with Gasteiger partial charge in [-0.15, -0.1) is 0 Å². The van der Waals surface area contributed by atoms with Gasteiger partial charge in [-0.05, 0) is 18.2 Å².